The van der Waals surface area contributed by atoms with E-state index in [4.69, 9.17) is 9.84 Å². The number of carbonyl (C=O) groups is 1. The van der Waals surface area contributed by atoms with E-state index in [1.54, 1.807) is 12.1 Å². The highest BCUT2D eigenvalue weighted by Crippen LogP contribution is 2.23. The third-order valence-corrected chi connectivity index (χ3v) is 5.16. The molecule has 1 heterocycles. The minimum absolute atomic E-state index is 0.0182. The topological polar surface area (TPSA) is 80.7 Å². The standard InChI is InChI=1S/C14H18O5S/c1-10-2-5-12(19-10)9-20(17,18)13-6-3-11(4-7-13)8-14(15)16/h3-4,6-7,10,12H,2,5,8-9H2,1H3,(H,15,16). The maximum absolute atomic E-state index is 12.2. The molecule has 1 aliphatic rings. The second-order valence-corrected chi connectivity index (χ2v) is 7.18. The monoisotopic (exact) mass is 298 g/mol. The molecule has 2 unspecified atom stereocenters. The normalized spacial score (nSPS) is 22.9. The number of ether oxygens (including phenoxy) is 1. The van der Waals surface area contributed by atoms with Crippen LogP contribution in [0.15, 0.2) is 29.2 Å². The molecule has 0 aliphatic carbocycles. The number of carboxylic acid groups (broad SMARTS) is 1. The van der Waals surface area contributed by atoms with Gasteiger partial charge in [0.15, 0.2) is 9.84 Å². The number of aliphatic carboxylic acids is 1. The van der Waals surface area contributed by atoms with E-state index >= 15 is 0 Å². The van der Waals surface area contributed by atoms with Crippen LogP contribution in [0.4, 0.5) is 0 Å². The summed E-state index contributed by atoms with van der Waals surface area (Å²) in [6, 6.07) is 6.01. The average Bonchev–Trinajstić information content (AvgIpc) is 2.74. The van der Waals surface area contributed by atoms with Gasteiger partial charge in [0.05, 0.1) is 29.3 Å². The summed E-state index contributed by atoms with van der Waals surface area (Å²) in [6.07, 6.45) is 1.42. The van der Waals surface area contributed by atoms with E-state index in [-0.39, 0.29) is 29.3 Å². The molecule has 0 saturated carbocycles. The zero-order valence-corrected chi connectivity index (χ0v) is 12.1. The highest BCUT2D eigenvalue weighted by molar-refractivity contribution is 7.91. The van der Waals surface area contributed by atoms with Crippen LogP contribution >= 0.6 is 0 Å². The van der Waals surface area contributed by atoms with Crippen LogP contribution in [0.1, 0.15) is 25.3 Å². The average molecular weight is 298 g/mol. The number of carboxylic acids is 1. The molecule has 6 heteroatoms. The summed E-state index contributed by atoms with van der Waals surface area (Å²) in [4.78, 5) is 10.8. The Labute approximate surface area is 118 Å². The Kier molecular flexibility index (Phi) is 4.45. The van der Waals surface area contributed by atoms with Crippen molar-refractivity contribution in [3.05, 3.63) is 29.8 Å². The number of rotatable bonds is 5. The molecule has 0 amide bonds. The Morgan fingerprint density at radius 2 is 1.95 bits per heavy atom. The molecule has 1 aromatic rings. The molecular formula is C14H18O5S. The molecule has 0 spiro atoms. The fraction of sp³-hybridized carbons (Fsp3) is 0.500. The summed E-state index contributed by atoms with van der Waals surface area (Å²) >= 11 is 0. The third-order valence-electron chi connectivity index (χ3n) is 3.36. The minimum atomic E-state index is -3.38. The summed E-state index contributed by atoms with van der Waals surface area (Å²) in [5.41, 5.74) is 0.585. The van der Waals surface area contributed by atoms with Gasteiger partial charge in [-0.3, -0.25) is 4.79 Å². The van der Waals surface area contributed by atoms with E-state index in [1.165, 1.54) is 12.1 Å². The lowest BCUT2D eigenvalue weighted by atomic mass is 10.2. The van der Waals surface area contributed by atoms with Crippen LogP contribution in [0.25, 0.3) is 0 Å². The first kappa shape index (κ1) is 15.0. The molecular weight excluding hydrogens is 280 g/mol. The lowest BCUT2D eigenvalue weighted by Crippen LogP contribution is -2.21. The van der Waals surface area contributed by atoms with Crippen LogP contribution in [0.3, 0.4) is 0 Å². The van der Waals surface area contributed by atoms with Gasteiger partial charge in [0, 0.05) is 0 Å². The van der Waals surface area contributed by atoms with E-state index in [0.29, 0.717) is 5.56 Å². The quantitative estimate of drug-likeness (QED) is 0.894. The lowest BCUT2D eigenvalue weighted by molar-refractivity contribution is -0.136. The Morgan fingerprint density at radius 3 is 2.45 bits per heavy atom. The highest BCUT2D eigenvalue weighted by atomic mass is 32.2. The molecule has 1 aliphatic heterocycles. The van der Waals surface area contributed by atoms with Crippen molar-refractivity contribution < 1.29 is 23.1 Å². The predicted molar refractivity (Wildman–Crippen MR) is 73.4 cm³/mol. The van der Waals surface area contributed by atoms with E-state index in [9.17, 15) is 13.2 Å². The van der Waals surface area contributed by atoms with E-state index in [2.05, 4.69) is 0 Å². The maximum atomic E-state index is 12.2. The van der Waals surface area contributed by atoms with E-state index in [0.717, 1.165) is 12.8 Å². The zero-order chi connectivity index (χ0) is 14.8. The summed E-state index contributed by atoms with van der Waals surface area (Å²) < 4.78 is 30.0. The van der Waals surface area contributed by atoms with Crippen molar-refractivity contribution in [2.75, 3.05) is 5.75 Å². The van der Waals surface area contributed by atoms with Crippen molar-refractivity contribution in [2.24, 2.45) is 0 Å². The lowest BCUT2D eigenvalue weighted by Gasteiger charge is -2.12. The van der Waals surface area contributed by atoms with Crippen LogP contribution < -0.4 is 0 Å². The molecule has 110 valence electrons. The van der Waals surface area contributed by atoms with Crippen molar-refractivity contribution in [1.82, 2.24) is 0 Å². The van der Waals surface area contributed by atoms with E-state index < -0.39 is 15.8 Å². The summed E-state index contributed by atoms with van der Waals surface area (Å²) in [6.45, 7) is 1.94. The maximum Gasteiger partial charge on any atom is 0.307 e. The fourth-order valence-electron chi connectivity index (χ4n) is 2.34. The van der Waals surface area contributed by atoms with Gasteiger partial charge in [0.1, 0.15) is 0 Å². The van der Waals surface area contributed by atoms with Crippen molar-refractivity contribution in [3.63, 3.8) is 0 Å². The Morgan fingerprint density at radius 1 is 1.30 bits per heavy atom. The largest absolute Gasteiger partial charge is 0.481 e. The SMILES string of the molecule is CC1CCC(CS(=O)(=O)c2ccc(CC(=O)O)cc2)O1. The second kappa shape index (κ2) is 5.93. The smallest absolute Gasteiger partial charge is 0.307 e. The molecule has 0 bridgehead atoms. The van der Waals surface area contributed by atoms with Gasteiger partial charge < -0.3 is 9.84 Å². The molecule has 20 heavy (non-hydrogen) atoms. The molecule has 5 nitrogen and oxygen atoms in total. The number of benzene rings is 1. The highest BCUT2D eigenvalue weighted by Gasteiger charge is 2.28. The molecule has 1 aromatic carbocycles. The van der Waals surface area contributed by atoms with Gasteiger partial charge >= 0.3 is 5.97 Å². The van der Waals surface area contributed by atoms with Crippen LogP contribution in [-0.2, 0) is 25.8 Å². The van der Waals surface area contributed by atoms with Crippen molar-refractivity contribution in [2.45, 2.75) is 43.3 Å². The first-order valence-electron chi connectivity index (χ1n) is 6.56. The van der Waals surface area contributed by atoms with Gasteiger partial charge in [-0.2, -0.15) is 0 Å². The molecule has 0 aromatic heterocycles. The van der Waals surface area contributed by atoms with Gasteiger partial charge in [-0.1, -0.05) is 12.1 Å². The number of hydrogen-bond donors (Lipinski definition) is 1. The Hall–Kier alpha value is -1.40. The van der Waals surface area contributed by atoms with Gasteiger partial charge in [-0.05, 0) is 37.5 Å². The Bertz CT molecular complexity index is 576. The van der Waals surface area contributed by atoms with Crippen LogP contribution in [0, 0.1) is 0 Å². The molecule has 2 rings (SSSR count). The minimum Gasteiger partial charge on any atom is -0.481 e. The fourth-order valence-corrected chi connectivity index (χ4v) is 3.82. The molecule has 2 atom stereocenters. The number of sulfone groups is 1. The summed E-state index contributed by atoms with van der Waals surface area (Å²) in [5, 5.41) is 8.68. The second-order valence-electron chi connectivity index (χ2n) is 5.14. The Balaban J connectivity index is 2.07. The van der Waals surface area contributed by atoms with E-state index in [1.807, 2.05) is 6.92 Å². The summed E-state index contributed by atoms with van der Waals surface area (Å²) in [5.74, 6) is -0.954. The molecule has 1 N–H and O–H groups in total. The van der Waals surface area contributed by atoms with Gasteiger partial charge in [0.25, 0.3) is 0 Å². The van der Waals surface area contributed by atoms with Crippen molar-refractivity contribution in [1.29, 1.82) is 0 Å². The molecule has 1 fully saturated rings. The van der Waals surface area contributed by atoms with Gasteiger partial charge in [-0.25, -0.2) is 8.42 Å². The third kappa shape index (κ3) is 3.80. The molecule has 1 saturated heterocycles. The van der Waals surface area contributed by atoms with Crippen molar-refractivity contribution in [3.8, 4) is 0 Å². The molecule has 0 radical (unpaired) electrons. The van der Waals surface area contributed by atoms with Gasteiger partial charge in [-0.15, -0.1) is 0 Å². The van der Waals surface area contributed by atoms with Crippen LogP contribution in [-0.4, -0.2) is 37.5 Å². The summed E-state index contributed by atoms with van der Waals surface area (Å²) in [7, 11) is -3.38. The predicted octanol–water partition coefficient (Wildman–Crippen LogP) is 1.65. The van der Waals surface area contributed by atoms with Crippen LogP contribution in [0.2, 0.25) is 0 Å². The number of hydrogen-bond acceptors (Lipinski definition) is 4. The van der Waals surface area contributed by atoms with Crippen LogP contribution in [0.5, 0.6) is 0 Å². The zero-order valence-electron chi connectivity index (χ0n) is 11.3. The first-order valence-corrected chi connectivity index (χ1v) is 8.21. The van der Waals surface area contributed by atoms with Gasteiger partial charge in [0.2, 0.25) is 0 Å². The first-order chi connectivity index (χ1) is 9.37. The van der Waals surface area contributed by atoms with Crippen molar-refractivity contribution >= 4 is 15.8 Å².